The molecule has 0 spiro atoms. The van der Waals surface area contributed by atoms with Crippen molar-refractivity contribution in [3.8, 4) is 0 Å². The molecule has 0 aliphatic carbocycles. The molecule has 6 heteroatoms. The average Bonchev–Trinajstić information content (AvgIpc) is 3.13. The predicted octanol–water partition coefficient (Wildman–Crippen LogP) is 2.83. The van der Waals surface area contributed by atoms with Crippen LogP contribution in [0.2, 0.25) is 0 Å². The Bertz CT molecular complexity index is 723. The van der Waals surface area contributed by atoms with E-state index in [1.54, 1.807) is 13.1 Å². The minimum Gasteiger partial charge on any atom is -0.361 e. The lowest BCUT2D eigenvalue weighted by atomic mass is 10.0. The van der Waals surface area contributed by atoms with Gasteiger partial charge in [-0.3, -0.25) is 4.79 Å². The first kappa shape index (κ1) is 15.6. The second-order valence-corrected chi connectivity index (χ2v) is 6.45. The van der Waals surface area contributed by atoms with Gasteiger partial charge in [0.05, 0.1) is 5.69 Å². The number of hydrogen-bond acceptors (Lipinski definition) is 5. The summed E-state index contributed by atoms with van der Waals surface area (Å²) >= 11 is 0. The molecule has 6 nitrogen and oxygen atoms in total. The maximum absolute atomic E-state index is 12.9. The monoisotopic (exact) mass is 314 g/mol. The van der Waals surface area contributed by atoms with Crippen molar-refractivity contribution in [3.63, 3.8) is 0 Å². The summed E-state index contributed by atoms with van der Waals surface area (Å²) in [6, 6.07) is 1.89. The Balaban J connectivity index is 1.79. The summed E-state index contributed by atoms with van der Waals surface area (Å²) in [7, 11) is 0. The molecule has 0 bridgehead atoms. The molecule has 1 atom stereocenters. The van der Waals surface area contributed by atoms with Crippen LogP contribution < -0.4 is 0 Å². The first-order valence-electron chi connectivity index (χ1n) is 8.02. The van der Waals surface area contributed by atoms with Crippen molar-refractivity contribution >= 4 is 5.91 Å². The molecule has 23 heavy (non-hydrogen) atoms. The number of carbonyl (C=O) groups excluding carboxylic acids is 1. The highest BCUT2D eigenvalue weighted by molar-refractivity contribution is 5.96. The molecule has 1 amide bonds. The van der Waals surface area contributed by atoms with Crippen molar-refractivity contribution in [2.45, 2.75) is 46.0 Å². The van der Waals surface area contributed by atoms with E-state index in [0.29, 0.717) is 24.4 Å². The lowest BCUT2D eigenvalue weighted by Gasteiger charge is -2.17. The number of carbonyl (C=O) groups is 1. The van der Waals surface area contributed by atoms with Gasteiger partial charge >= 0.3 is 0 Å². The van der Waals surface area contributed by atoms with Crippen molar-refractivity contribution in [2.75, 3.05) is 13.1 Å². The van der Waals surface area contributed by atoms with Crippen LogP contribution in [0.1, 0.15) is 65.4 Å². The number of amides is 1. The highest BCUT2D eigenvalue weighted by Crippen LogP contribution is 2.29. The molecule has 2 aromatic rings. The highest BCUT2D eigenvalue weighted by atomic mass is 16.5. The number of nitrogens with zero attached hydrogens (tertiary/aromatic N) is 4. The summed E-state index contributed by atoms with van der Waals surface area (Å²) in [5.74, 6) is 1.77. The molecule has 0 aromatic carbocycles. The zero-order valence-electron chi connectivity index (χ0n) is 14.0. The summed E-state index contributed by atoms with van der Waals surface area (Å²) in [4.78, 5) is 23.6. The maximum Gasteiger partial charge on any atom is 0.259 e. The molecule has 1 aliphatic rings. The molecular formula is C17H22N4O2. The first-order chi connectivity index (χ1) is 11.0. The van der Waals surface area contributed by atoms with Crippen LogP contribution in [0.5, 0.6) is 0 Å². The zero-order chi connectivity index (χ0) is 16.6. The largest absolute Gasteiger partial charge is 0.361 e. The predicted molar refractivity (Wildman–Crippen MR) is 85.4 cm³/mol. The average molecular weight is 314 g/mol. The van der Waals surface area contributed by atoms with Crippen molar-refractivity contribution in [1.82, 2.24) is 20.0 Å². The number of aryl methyl sites for hydroxylation is 2. The van der Waals surface area contributed by atoms with Crippen molar-refractivity contribution < 1.29 is 9.32 Å². The molecular weight excluding hydrogens is 292 g/mol. The zero-order valence-corrected chi connectivity index (χ0v) is 14.0. The van der Waals surface area contributed by atoms with E-state index in [0.717, 1.165) is 23.6 Å². The Morgan fingerprint density at radius 3 is 2.87 bits per heavy atom. The number of hydrogen-bond donors (Lipinski definition) is 0. The molecule has 1 aliphatic heterocycles. The van der Waals surface area contributed by atoms with Crippen molar-refractivity contribution in [1.29, 1.82) is 0 Å². The van der Waals surface area contributed by atoms with Crippen LogP contribution in [0.3, 0.4) is 0 Å². The molecule has 122 valence electrons. The van der Waals surface area contributed by atoms with Crippen LogP contribution in [0, 0.1) is 13.8 Å². The van der Waals surface area contributed by atoms with E-state index in [9.17, 15) is 4.79 Å². The fraction of sp³-hybridized carbons (Fsp3) is 0.529. The molecule has 0 N–H and O–H groups in total. The Kier molecular flexibility index (Phi) is 4.15. The summed E-state index contributed by atoms with van der Waals surface area (Å²) in [6.45, 7) is 9.14. The Hall–Kier alpha value is -2.24. The van der Waals surface area contributed by atoms with E-state index in [1.165, 1.54) is 0 Å². The second-order valence-electron chi connectivity index (χ2n) is 6.45. The van der Waals surface area contributed by atoms with Gasteiger partial charge in [-0.15, -0.1) is 0 Å². The Morgan fingerprint density at radius 2 is 2.17 bits per heavy atom. The molecule has 2 aromatic heterocycles. The number of likely N-dealkylation sites (tertiary alicyclic amines) is 1. The number of rotatable bonds is 3. The van der Waals surface area contributed by atoms with Gasteiger partial charge in [0.25, 0.3) is 5.91 Å². The van der Waals surface area contributed by atoms with Gasteiger partial charge in [0.15, 0.2) is 0 Å². The molecule has 0 radical (unpaired) electrons. The minimum absolute atomic E-state index is 0.00241. The van der Waals surface area contributed by atoms with Crippen LogP contribution in [0.4, 0.5) is 0 Å². The molecule has 1 fully saturated rings. The molecule has 1 unspecified atom stereocenters. The van der Waals surface area contributed by atoms with E-state index in [2.05, 4.69) is 15.1 Å². The van der Waals surface area contributed by atoms with Crippen LogP contribution in [-0.2, 0) is 0 Å². The third-order valence-corrected chi connectivity index (χ3v) is 4.30. The molecule has 0 saturated carbocycles. The smallest absolute Gasteiger partial charge is 0.259 e. The SMILES string of the molecule is Cc1ccnc(C2CCN(C(=O)c3c(C(C)C)noc3C)C2)n1. The Morgan fingerprint density at radius 1 is 1.39 bits per heavy atom. The fourth-order valence-electron chi connectivity index (χ4n) is 3.02. The maximum atomic E-state index is 12.9. The van der Waals surface area contributed by atoms with Gasteiger partial charge in [0.2, 0.25) is 0 Å². The topological polar surface area (TPSA) is 72.1 Å². The lowest BCUT2D eigenvalue weighted by molar-refractivity contribution is 0.0787. The van der Waals surface area contributed by atoms with Gasteiger partial charge in [0.1, 0.15) is 17.1 Å². The second kappa shape index (κ2) is 6.10. The van der Waals surface area contributed by atoms with Crippen LogP contribution in [0.25, 0.3) is 0 Å². The standard InChI is InChI=1S/C17H22N4O2/c1-10(2)15-14(12(4)23-20-15)17(22)21-8-6-13(9-21)16-18-7-5-11(3)19-16/h5,7,10,13H,6,8-9H2,1-4H3. The van der Waals surface area contributed by atoms with E-state index in [4.69, 9.17) is 4.52 Å². The van der Waals surface area contributed by atoms with E-state index >= 15 is 0 Å². The lowest BCUT2D eigenvalue weighted by Crippen LogP contribution is -2.29. The number of aromatic nitrogens is 3. The summed E-state index contributed by atoms with van der Waals surface area (Å²) < 4.78 is 5.24. The Labute approximate surface area is 135 Å². The van der Waals surface area contributed by atoms with Crippen LogP contribution in [0.15, 0.2) is 16.8 Å². The van der Waals surface area contributed by atoms with Crippen LogP contribution in [-0.4, -0.2) is 39.0 Å². The minimum atomic E-state index is 0.00241. The van der Waals surface area contributed by atoms with Gasteiger partial charge in [-0.1, -0.05) is 19.0 Å². The van der Waals surface area contributed by atoms with Gasteiger partial charge in [-0.05, 0) is 32.3 Å². The molecule has 1 saturated heterocycles. The van der Waals surface area contributed by atoms with Gasteiger partial charge < -0.3 is 9.42 Å². The van der Waals surface area contributed by atoms with Crippen molar-refractivity contribution in [3.05, 3.63) is 40.8 Å². The summed E-state index contributed by atoms with van der Waals surface area (Å²) in [5.41, 5.74) is 2.31. The highest BCUT2D eigenvalue weighted by Gasteiger charge is 2.33. The van der Waals surface area contributed by atoms with Crippen molar-refractivity contribution in [2.24, 2.45) is 0 Å². The third-order valence-electron chi connectivity index (χ3n) is 4.30. The summed E-state index contributed by atoms with van der Waals surface area (Å²) in [6.07, 6.45) is 2.67. The van der Waals surface area contributed by atoms with Gasteiger partial charge in [0, 0.05) is 30.9 Å². The fourth-order valence-corrected chi connectivity index (χ4v) is 3.02. The quantitative estimate of drug-likeness (QED) is 0.871. The molecule has 3 heterocycles. The summed E-state index contributed by atoms with van der Waals surface area (Å²) in [5, 5.41) is 4.05. The van der Waals surface area contributed by atoms with Gasteiger partial charge in [-0.25, -0.2) is 9.97 Å². The molecule has 3 rings (SSSR count). The van der Waals surface area contributed by atoms with E-state index < -0.39 is 0 Å². The normalized spacial score (nSPS) is 18.0. The van der Waals surface area contributed by atoms with Gasteiger partial charge in [-0.2, -0.15) is 0 Å². The van der Waals surface area contributed by atoms with E-state index in [-0.39, 0.29) is 17.7 Å². The van der Waals surface area contributed by atoms with Crippen LogP contribution >= 0.6 is 0 Å². The first-order valence-corrected chi connectivity index (χ1v) is 8.02. The third kappa shape index (κ3) is 2.98. The van der Waals surface area contributed by atoms with E-state index in [1.807, 2.05) is 31.7 Å².